The Morgan fingerprint density at radius 3 is 2.50 bits per heavy atom. The molecular weight excluding hydrogens is 228 g/mol. The van der Waals surface area contributed by atoms with Gasteiger partial charge in [0, 0.05) is 13.0 Å². The maximum atomic E-state index is 5.72. The van der Waals surface area contributed by atoms with E-state index in [-0.39, 0.29) is 0 Å². The van der Waals surface area contributed by atoms with Crippen LogP contribution in [-0.4, -0.2) is 13.2 Å². The zero-order valence-electron chi connectivity index (χ0n) is 11.4. The first-order valence-electron chi connectivity index (χ1n) is 6.30. The van der Waals surface area contributed by atoms with Gasteiger partial charge in [0.15, 0.2) is 0 Å². The molecule has 96 valence electrons. The van der Waals surface area contributed by atoms with Crippen molar-refractivity contribution in [3.05, 3.63) is 39.6 Å². The van der Waals surface area contributed by atoms with Gasteiger partial charge in [0.1, 0.15) is 22.7 Å². The molecule has 0 aliphatic rings. The van der Waals surface area contributed by atoms with Crippen molar-refractivity contribution in [1.82, 2.24) is 0 Å². The number of hydrogen-bond donors (Lipinski definition) is 0. The quantitative estimate of drug-likeness (QED) is 0.779. The number of furan rings is 1. The predicted octanol–water partition coefficient (Wildman–Crippen LogP) is 3.36. The van der Waals surface area contributed by atoms with Gasteiger partial charge in [-0.25, -0.2) is 0 Å². The minimum Gasteiger partial charge on any atom is -0.493 e. The second-order valence-electron chi connectivity index (χ2n) is 4.08. The fraction of sp³-hybridized carbons (Fsp3) is 0.400. The van der Waals surface area contributed by atoms with Crippen LogP contribution >= 0.6 is 0 Å². The summed E-state index contributed by atoms with van der Waals surface area (Å²) in [5, 5.41) is 2.01. The summed E-state index contributed by atoms with van der Waals surface area (Å²) >= 11 is 0. The van der Waals surface area contributed by atoms with E-state index in [4.69, 9.17) is 13.6 Å². The summed E-state index contributed by atoms with van der Waals surface area (Å²) in [7, 11) is 0. The van der Waals surface area contributed by atoms with Gasteiger partial charge in [-0.3, -0.25) is 4.42 Å². The molecule has 0 aliphatic heterocycles. The standard InChI is InChI=1S/C15H19O3/c1-5-16-12-8-7-9-13(17-6-2)15-11(4)18-10(3)14(12)15/h7-9H,5-6H2,1-4H3/q+1. The van der Waals surface area contributed by atoms with Crippen LogP contribution in [0.2, 0.25) is 0 Å². The molecule has 0 saturated heterocycles. The summed E-state index contributed by atoms with van der Waals surface area (Å²) in [4.78, 5) is 0. The number of hydrogen-bond acceptors (Lipinski definition) is 2. The molecule has 0 amide bonds. The first kappa shape index (κ1) is 12.7. The van der Waals surface area contributed by atoms with Crippen LogP contribution < -0.4 is 10.2 Å². The molecule has 0 aliphatic carbocycles. The number of aryl methyl sites for hydroxylation is 2. The molecule has 0 atom stereocenters. The molecule has 0 fully saturated rings. The summed E-state index contributed by atoms with van der Waals surface area (Å²) in [6.07, 6.45) is 0. The summed E-state index contributed by atoms with van der Waals surface area (Å²) in [6, 6.07) is 5.86. The van der Waals surface area contributed by atoms with Crippen molar-refractivity contribution in [2.24, 2.45) is 0 Å². The van der Waals surface area contributed by atoms with E-state index in [0.29, 0.717) is 13.2 Å². The fourth-order valence-electron chi connectivity index (χ4n) is 2.22. The van der Waals surface area contributed by atoms with Gasteiger partial charge in [-0.2, -0.15) is 0 Å². The smallest absolute Gasteiger partial charge is 0.354 e. The minimum atomic E-state index is 0.632. The molecule has 0 N–H and O–H groups in total. The summed E-state index contributed by atoms with van der Waals surface area (Å²) in [6.45, 7) is 9.12. The lowest BCUT2D eigenvalue weighted by Crippen LogP contribution is -2.00. The van der Waals surface area contributed by atoms with Crippen LogP contribution in [0.25, 0.3) is 10.8 Å². The lowest BCUT2D eigenvalue weighted by Gasteiger charge is -2.00. The third-order valence-corrected chi connectivity index (χ3v) is 2.85. The molecule has 1 aromatic heterocycles. The maximum absolute atomic E-state index is 5.72. The maximum Gasteiger partial charge on any atom is 0.354 e. The normalized spacial score (nSPS) is 12.1. The van der Waals surface area contributed by atoms with Crippen molar-refractivity contribution in [2.75, 3.05) is 13.2 Å². The molecule has 3 heteroatoms. The third kappa shape index (κ3) is 2.13. The van der Waals surface area contributed by atoms with Crippen LogP contribution in [0.5, 0.6) is 5.75 Å². The van der Waals surface area contributed by atoms with Crippen molar-refractivity contribution in [3.8, 4) is 5.75 Å². The Kier molecular flexibility index (Phi) is 3.70. The van der Waals surface area contributed by atoms with Gasteiger partial charge < -0.3 is 9.15 Å². The van der Waals surface area contributed by atoms with E-state index in [1.807, 2.05) is 45.9 Å². The highest BCUT2D eigenvalue weighted by Crippen LogP contribution is 2.29. The predicted molar refractivity (Wildman–Crippen MR) is 73.7 cm³/mol. The van der Waals surface area contributed by atoms with Crippen molar-refractivity contribution in [3.63, 3.8) is 0 Å². The Bertz CT molecular complexity index is 623. The Labute approximate surface area is 107 Å². The highest BCUT2D eigenvalue weighted by Gasteiger charge is 2.17. The van der Waals surface area contributed by atoms with Crippen LogP contribution in [0.4, 0.5) is 0 Å². The van der Waals surface area contributed by atoms with E-state index >= 15 is 0 Å². The Balaban J connectivity index is 2.94. The van der Waals surface area contributed by atoms with Crippen LogP contribution in [0.15, 0.2) is 27.0 Å². The number of ether oxygens (including phenoxy) is 1. The van der Waals surface area contributed by atoms with Crippen LogP contribution in [0.3, 0.4) is 0 Å². The molecular formula is C15H19O3+. The zero-order valence-corrected chi connectivity index (χ0v) is 11.4. The molecule has 0 bridgehead atoms. The Hall–Kier alpha value is -1.77. The molecule has 1 heterocycles. The van der Waals surface area contributed by atoms with Crippen molar-refractivity contribution in [1.29, 1.82) is 0 Å². The van der Waals surface area contributed by atoms with Crippen molar-refractivity contribution >= 4 is 10.8 Å². The monoisotopic (exact) mass is 247 g/mol. The van der Waals surface area contributed by atoms with Gasteiger partial charge in [0.2, 0.25) is 0 Å². The van der Waals surface area contributed by atoms with E-state index in [1.165, 1.54) is 0 Å². The molecule has 0 radical (unpaired) electrons. The molecule has 1 aromatic carbocycles. The number of fused-ring (bicyclic) bond motifs is 1. The summed E-state index contributed by atoms with van der Waals surface area (Å²) in [5.41, 5.74) is 0.841. The largest absolute Gasteiger partial charge is 0.493 e. The van der Waals surface area contributed by atoms with Crippen LogP contribution in [0.1, 0.15) is 25.4 Å². The second-order valence-corrected chi connectivity index (χ2v) is 4.08. The first-order valence-corrected chi connectivity index (χ1v) is 6.30. The lowest BCUT2D eigenvalue weighted by molar-refractivity contribution is 0.344. The summed E-state index contributed by atoms with van der Waals surface area (Å²) < 4.78 is 17.1. The van der Waals surface area contributed by atoms with E-state index in [2.05, 4.69) is 0 Å². The van der Waals surface area contributed by atoms with E-state index in [9.17, 15) is 0 Å². The van der Waals surface area contributed by atoms with Gasteiger partial charge in [-0.05, 0) is 32.9 Å². The number of rotatable bonds is 3. The molecule has 0 spiro atoms. The van der Waals surface area contributed by atoms with Crippen LogP contribution in [0, 0.1) is 13.8 Å². The molecule has 2 rings (SSSR count). The van der Waals surface area contributed by atoms with Crippen molar-refractivity contribution < 1.29 is 9.15 Å². The van der Waals surface area contributed by atoms with Gasteiger partial charge in [0.25, 0.3) is 6.61 Å². The Morgan fingerprint density at radius 2 is 1.83 bits per heavy atom. The minimum absolute atomic E-state index is 0.632. The zero-order chi connectivity index (χ0) is 13.1. The van der Waals surface area contributed by atoms with Gasteiger partial charge in [-0.15, -0.1) is 0 Å². The van der Waals surface area contributed by atoms with Gasteiger partial charge in [0.05, 0.1) is 12.0 Å². The third-order valence-electron chi connectivity index (χ3n) is 2.85. The average Bonchev–Trinajstić information content (AvgIpc) is 2.52. The second kappa shape index (κ2) is 5.25. The fourth-order valence-corrected chi connectivity index (χ4v) is 2.22. The average molecular weight is 247 g/mol. The highest BCUT2D eigenvalue weighted by molar-refractivity contribution is 5.91. The first-order chi connectivity index (χ1) is 8.69. The van der Waals surface area contributed by atoms with Gasteiger partial charge >= 0.3 is 5.43 Å². The SMILES string of the molecule is CCOc1cccc(=[O+]CC)c2c(C)oc(C)c12. The highest BCUT2D eigenvalue weighted by atomic mass is 16.5. The molecule has 2 aromatic rings. The molecule has 0 saturated carbocycles. The van der Waals surface area contributed by atoms with Gasteiger partial charge in [-0.1, -0.05) is 0 Å². The van der Waals surface area contributed by atoms with Crippen molar-refractivity contribution in [2.45, 2.75) is 27.7 Å². The molecule has 3 nitrogen and oxygen atoms in total. The topological polar surface area (TPSA) is 33.7 Å². The van der Waals surface area contributed by atoms with Crippen LogP contribution in [-0.2, 0) is 0 Å². The van der Waals surface area contributed by atoms with E-state index in [1.54, 1.807) is 0 Å². The summed E-state index contributed by atoms with van der Waals surface area (Å²) in [5.74, 6) is 2.57. The molecule has 18 heavy (non-hydrogen) atoms. The Morgan fingerprint density at radius 1 is 1.11 bits per heavy atom. The molecule has 0 unspecified atom stereocenters. The lowest BCUT2D eigenvalue weighted by atomic mass is 10.2. The van der Waals surface area contributed by atoms with E-state index < -0.39 is 0 Å². The van der Waals surface area contributed by atoms with E-state index in [0.717, 1.165) is 33.5 Å².